The number of rotatable bonds is 3. The maximum atomic E-state index is 13.2. The van der Waals surface area contributed by atoms with Gasteiger partial charge in [0.25, 0.3) is 0 Å². The number of hydrogen-bond acceptors (Lipinski definition) is 1. The van der Waals surface area contributed by atoms with Gasteiger partial charge in [0.2, 0.25) is 0 Å². The predicted octanol–water partition coefficient (Wildman–Crippen LogP) is 6.19. The monoisotopic (exact) mass is 324 g/mol. The lowest BCUT2D eigenvalue weighted by Crippen LogP contribution is -2.05. The fourth-order valence-corrected chi connectivity index (χ4v) is 3.53. The summed E-state index contributed by atoms with van der Waals surface area (Å²) in [5.74, 6) is 0.0891. The van der Waals surface area contributed by atoms with Crippen molar-refractivity contribution in [2.24, 2.45) is 0 Å². The van der Waals surface area contributed by atoms with Gasteiger partial charge in [0, 0.05) is 11.1 Å². The number of carbonyl (C=O) groups excluding carboxylic acids is 1. The van der Waals surface area contributed by atoms with E-state index in [1.165, 1.54) is 22.1 Å². The van der Waals surface area contributed by atoms with Crippen molar-refractivity contribution < 1.29 is 4.79 Å². The molecule has 0 N–H and O–H groups in total. The van der Waals surface area contributed by atoms with Gasteiger partial charge in [-0.1, -0.05) is 66.2 Å². The van der Waals surface area contributed by atoms with Crippen molar-refractivity contribution in [2.75, 3.05) is 0 Å². The number of hydrogen-bond donors (Lipinski definition) is 0. The van der Waals surface area contributed by atoms with Crippen LogP contribution in [-0.4, -0.2) is 5.78 Å². The van der Waals surface area contributed by atoms with Gasteiger partial charge in [0.1, 0.15) is 0 Å². The van der Waals surface area contributed by atoms with E-state index in [0.29, 0.717) is 0 Å². The van der Waals surface area contributed by atoms with Gasteiger partial charge in [-0.15, -0.1) is 0 Å². The standard InChI is InChI=1S/C24H20O/c1-16-12-13-21(17(16)2)22-14-19-10-6-7-11-20(19)15-23(22)24(25)18-8-4-3-5-9-18/h3-12,14-15H,13H2,1-2H3. The lowest BCUT2D eigenvalue weighted by Gasteiger charge is -2.14. The first-order valence-electron chi connectivity index (χ1n) is 8.65. The molecular formula is C24H20O. The van der Waals surface area contributed by atoms with Crippen molar-refractivity contribution >= 4 is 22.1 Å². The molecule has 0 heterocycles. The van der Waals surface area contributed by atoms with Gasteiger partial charge in [-0.25, -0.2) is 0 Å². The SMILES string of the molecule is CC1=CCC(c2cc3ccccc3cc2C(=O)c2ccccc2)=C1C. The fourth-order valence-electron chi connectivity index (χ4n) is 3.53. The zero-order valence-electron chi connectivity index (χ0n) is 14.5. The van der Waals surface area contributed by atoms with Gasteiger partial charge in [-0.05, 0) is 59.9 Å². The smallest absolute Gasteiger partial charge is 0.193 e. The molecule has 0 bridgehead atoms. The molecule has 0 atom stereocenters. The molecular weight excluding hydrogens is 304 g/mol. The highest BCUT2D eigenvalue weighted by Crippen LogP contribution is 2.37. The first-order valence-corrected chi connectivity index (χ1v) is 8.65. The molecule has 1 aliphatic carbocycles. The molecule has 1 aliphatic rings. The maximum Gasteiger partial charge on any atom is 0.193 e. The van der Waals surface area contributed by atoms with Crippen molar-refractivity contribution in [1.29, 1.82) is 0 Å². The van der Waals surface area contributed by atoms with E-state index in [-0.39, 0.29) is 5.78 Å². The molecule has 4 rings (SSSR count). The van der Waals surface area contributed by atoms with Gasteiger partial charge < -0.3 is 0 Å². The number of benzene rings is 3. The highest BCUT2D eigenvalue weighted by atomic mass is 16.1. The van der Waals surface area contributed by atoms with E-state index in [2.05, 4.69) is 38.1 Å². The fraction of sp³-hybridized carbons (Fsp3) is 0.125. The van der Waals surface area contributed by atoms with Crippen LogP contribution in [0, 0.1) is 0 Å². The Bertz CT molecular complexity index is 1040. The van der Waals surface area contributed by atoms with Crippen molar-refractivity contribution in [3.63, 3.8) is 0 Å². The second-order valence-electron chi connectivity index (χ2n) is 6.63. The molecule has 3 aromatic carbocycles. The van der Waals surface area contributed by atoms with Crippen molar-refractivity contribution in [3.8, 4) is 0 Å². The second-order valence-corrected chi connectivity index (χ2v) is 6.63. The lowest BCUT2D eigenvalue weighted by atomic mass is 9.89. The van der Waals surface area contributed by atoms with Crippen molar-refractivity contribution in [3.05, 3.63) is 101 Å². The average Bonchev–Trinajstić information content (AvgIpc) is 2.99. The number of fused-ring (bicyclic) bond motifs is 1. The third kappa shape index (κ3) is 2.72. The molecule has 0 amide bonds. The molecule has 0 fully saturated rings. The topological polar surface area (TPSA) is 17.1 Å². The summed E-state index contributed by atoms with van der Waals surface area (Å²) in [4.78, 5) is 13.2. The largest absolute Gasteiger partial charge is 0.289 e. The van der Waals surface area contributed by atoms with Crippen LogP contribution in [0.5, 0.6) is 0 Å². The number of ketones is 1. The van der Waals surface area contributed by atoms with Gasteiger partial charge in [-0.2, -0.15) is 0 Å². The van der Waals surface area contributed by atoms with E-state index >= 15 is 0 Å². The Hall–Kier alpha value is -2.93. The van der Waals surface area contributed by atoms with Crippen LogP contribution < -0.4 is 0 Å². The highest BCUT2D eigenvalue weighted by molar-refractivity contribution is 6.14. The second kappa shape index (κ2) is 6.18. The minimum atomic E-state index is 0.0891. The average molecular weight is 324 g/mol. The summed E-state index contributed by atoms with van der Waals surface area (Å²) in [5.41, 5.74) is 6.46. The number of carbonyl (C=O) groups is 1. The van der Waals surface area contributed by atoms with Crippen LogP contribution in [0.4, 0.5) is 0 Å². The lowest BCUT2D eigenvalue weighted by molar-refractivity contribution is 0.103. The third-order valence-electron chi connectivity index (χ3n) is 5.15. The Morgan fingerprint density at radius 3 is 2.12 bits per heavy atom. The van der Waals surface area contributed by atoms with E-state index in [9.17, 15) is 4.79 Å². The predicted molar refractivity (Wildman–Crippen MR) is 105 cm³/mol. The maximum absolute atomic E-state index is 13.2. The normalized spacial score (nSPS) is 14.1. The summed E-state index contributed by atoms with van der Waals surface area (Å²) in [7, 11) is 0. The van der Waals surface area contributed by atoms with E-state index < -0.39 is 0 Å². The Kier molecular flexibility index (Phi) is 3.85. The Labute approximate surface area is 148 Å². The zero-order chi connectivity index (χ0) is 17.4. The molecule has 1 heteroatoms. The summed E-state index contributed by atoms with van der Waals surface area (Å²) in [5, 5.41) is 2.28. The third-order valence-corrected chi connectivity index (χ3v) is 5.15. The minimum absolute atomic E-state index is 0.0891. The molecule has 0 unspecified atom stereocenters. The van der Waals surface area contributed by atoms with Crippen molar-refractivity contribution in [1.82, 2.24) is 0 Å². The summed E-state index contributed by atoms with van der Waals surface area (Å²) in [6, 6.07) is 22.0. The Morgan fingerprint density at radius 2 is 1.48 bits per heavy atom. The Balaban J connectivity index is 1.96. The summed E-state index contributed by atoms with van der Waals surface area (Å²) in [6.45, 7) is 4.29. The first-order chi connectivity index (χ1) is 12.1. The van der Waals surface area contributed by atoms with Crippen LogP contribution in [0.1, 0.15) is 41.8 Å². The quantitative estimate of drug-likeness (QED) is 0.525. The van der Waals surface area contributed by atoms with E-state index in [4.69, 9.17) is 0 Å². The minimum Gasteiger partial charge on any atom is -0.289 e. The molecule has 0 radical (unpaired) electrons. The van der Waals surface area contributed by atoms with Crippen molar-refractivity contribution in [2.45, 2.75) is 20.3 Å². The molecule has 122 valence electrons. The van der Waals surface area contributed by atoms with Crippen LogP contribution in [0.2, 0.25) is 0 Å². The molecule has 0 aromatic heterocycles. The van der Waals surface area contributed by atoms with E-state index in [1.54, 1.807) is 0 Å². The molecule has 0 saturated heterocycles. The highest BCUT2D eigenvalue weighted by Gasteiger charge is 2.20. The summed E-state index contributed by atoms with van der Waals surface area (Å²) in [6.07, 6.45) is 3.14. The molecule has 0 saturated carbocycles. The molecule has 1 nitrogen and oxygen atoms in total. The van der Waals surface area contributed by atoms with Crippen LogP contribution in [0.15, 0.2) is 84.0 Å². The Morgan fingerprint density at radius 1 is 0.840 bits per heavy atom. The van der Waals surface area contributed by atoms with Crippen LogP contribution in [-0.2, 0) is 0 Å². The van der Waals surface area contributed by atoms with E-state index in [0.717, 1.165) is 28.5 Å². The molecule has 3 aromatic rings. The van der Waals surface area contributed by atoms with Gasteiger partial charge in [0.15, 0.2) is 5.78 Å². The van der Waals surface area contributed by atoms with E-state index in [1.807, 2.05) is 48.5 Å². The molecule has 25 heavy (non-hydrogen) atoms. The van der Waals surface area contributed by atoms with Gasteiger partial charge in [0.05, 0.1) is 0 Å². The molecule has 0 spiro atoms. The molecule has 0 aliphatic heterocycles. The number of allylic oxidation sites excluding steroid dienone is 4. The van der Waals surface area contributed by atoms with Gasteiger partial charge in [-0.3, -0.25) is 4.79 Å². The summed E-state index contributed by atoms with van der Waals surface area (Å²) >= 11 is 0. The van der Waals surface area contributed by atoms with Crippen LogP contribution >= 0.6 is 0 Å². The van der Waals surface area contributed by atoms with Gasteiger partial charge >= 0.3 is 0 Å². The van der Waals surface area contributed by atoms with Crippen LogP contribution in [0.3, 0.4) is 0 Å². The zero-order valence-corrected chi connectivity index (χ0v) is 14.5. The summed E-state index contributed by atoms with van der Waals surface area (Å²) < 4.78 is 0. The first kappa shape index (κ1) is 15.6. The van der Waals surface area contributed by atoms with Crippen LogP contribution in [0.25, 0.3) is 16.3 Å².